The van der Waals surface area contributed by atoms with Gasteiger partial charge in [-0.1, -0.05) is 40.5 Å². The van der Waals surface area contributed by atoms with Crippen LogP contribution in [0.3, 0.4) is 0 Å². The van der Waals surface area contributed by atoms with Crippen molar-refractivity contribution < 1.29 is 14.6 Å². The third-order valence-corrected chi connectivity index (χ3v) is 3.39. The molecule has 0 aromatic heterocycles. The quantitative estimate of drug-likeness (QED) is 0.514. The first-order valence-corrected chi connectivity index (χ1v) is 6.45. The molecule has 0 spiro atoms. The smallest absolute Gasteiger partial charge is 0.314 e. The summed E-state index contributed by atoms with van der Waals surface area (Å²) in [7, 11) is 0. The lowest BCUT2D eigenvalue weighted by Crippen LogP contribution is -2.34. The van der Waals surface area contributed by atoms with Crippen LogP contribution in [0.1, 0.15) is 66.2 Å². The molecule has 0 rings (SSSR count). The number of hydrogen-bond acceptors (Lipinski definition) is 3. The predicted molar refractivity (Wildman–Crippen MR) is 64.9 cm³/mol. The fourth-order valence-electron chi connectivity index (χ4n) is 1.84. The van der Waals surface area contributed by atoms with Gasteiger partial charge in [0.25, 0.3) is 0 Å². The molecule has 0 aromatic carbocycles. The number of esters is 1. The summed E-state index contributed by atoms with van der Waals surface area (Å²) in [5.74, 6) is -0.236. The van der Waals surface area contributed by atoms with E-state index in [0.29, 0.717) is 6.42 Å². The van der Waals surface area contributed by atoms with Crippen LogP contribution in [0.15, 0.2) is 0 Å². The summed E-state index contributed by atoms with van der Waals surface area (Å²) < 4.78 is 5.06. The molecule has 1 N–H and O–H groups in total. The van der Waals surface area contributed by atoms with Crippen molar-refractivity contribution in [2.24, 2.45) is 5.41 Å². The maximum Gasteiger partial charge on any atom is 0.314 e. The second kappa shape index (κ2) is 7.66. The van der Waals surface area contributed by atoms with Crippen LogP contribution < -0.4 is 0 Å². The van der Waals surface area contributed by atoms with E-state index in [1.807, 2.05) is 13.8 Å². The van der Waals surface area contributed by atoms with Crippen molar-refractivity contribution in [2.45, 2.75) is 72.5 Å². The molecule has 0 amide bonds. The van der Waals surface area contributed by atoms with E-state index in [4.69, 9.17) is 4.74 Å². The molecule has 3 nitrogen and oxygen atoms in total. The van der Waals surface area contributed by atoms with Gasteiger partial charge in [0, 0.05) is 6.42 Å². The fraction of sp³-hybridized carbons (Fsp3) is 0.923. The molecular weight excluding hydrogens is 204 g/mol. The standard InChI is InChI=1S/C13H26O3/c1-5-9-10-13(7-3,8-4)12(15)16-11(14)6-2/h11,14H,5-10H2,1-4H3. The lowest BCUT2D eigenvalue weighted by Gasteiger charge is -2.30. The Bertz CT molecular complexity index is 197. The molecule has 16 heavy (non-hydrogen) atoms. The zero-order valence-corrected chi connectivity index (χ0v) is 11.1. The first kappa shape index (κ1) is 15.4. The van der Waals surface area contributed by atoms with Crippen LogP contribution in [0.2, 0.25) is 0 Å². The Labute approximate surface area is 99.2 Å². The van der Waals surface area contributed by atoms with E-state index >= 15 is 0 Å². The van der Waals surface area contributed by atoms with Crippen LogP contribution in [0, 0.1) is 5.41 Å². The Morgan fingerprint density at radius 3 is 2.19 bits per heavy atom. The average Bonchev–Trinajstić information content (AvgIpc) is 2.31. The fourth-order valence-corrected chi connectivity index (χ4v) is 1.84. The zero-order chi connectivity index (χ0) is 12.6. The maximum atomic E-state index is 12.0. The molecule has 0 fully saturated rings. The highest BCUT2D eigenvalue weighted by molar-refractivity contribution is 5.76. The molecule has 0 aliphatic heterocycles. The van der Waals surface area contributed by atoms with Crippen molar-refractivity contribution in [2.75, 3.05) is 0 Å². The van der Waals surface area contributed by atoms with E-state index in [0.717, 1.165) is 32.1 Å². The lowest BCUT2D eigenvalue weighted by molar-refractivity contribution is -0.181. The molecule has 0 heterocycles. The van der Waals surface area contributed by atoms with Crippen molar-refractivity contribution in [3.63, 3.8) is 0 Å². The molecule has 0 aromatic rings. The molecule has 3 heteroatoms. The van der Waals surface area contributed by atoms with Crippen molar-refractivity contribution >= 4 is 5.97 Å². The number of carbonyl (C=O) groups is 1. The summed E-state index contributed by atoms with van der Waals surface area (Å²) in [4.78, 5) is 12.0. The van der Waals surface area contributed by atoms with E-state index in [1.54, 1.807) is 6.92 Å². The lowest BCUT2D eigenvalue weighted by atomic mass is 9.78. The van der Waals surface area contributed by atoms with Crippen molar-refractivity contribution in [3.05, 3.63) is 0 Å². The normalized spacial score (nSPS) is 13.6. The van der Waals surface area contributed by atoms with Crippen LogP contribution in [-0.4, -0.2) is 17.4 Å². The molecule has 96 valence electrons. The van der Waals surface area contributed by atoms with E-state index in [1.165, 1.54) is 0 Å². The first-order valence-electron chi connectivity index (χ1n) is 6.45. The van der Waals surface area contributed by atoms with Gasteiger partial charge < -0.3 is 9.84 Å². The second-order valence-electron chi connectivity index (χ2n) is 4.36. The minimum Gasteiger partial charge on any atom is -0.436 e. The van der Waals surface area contributed by atoms with Crippen LogP contribution in [0.4, 0.5) is 0 Å². The van der Waals surface area contributed by atoms with Gasteiger partial charge in [0.2, 0.25) is 0 Å². The summed E-state index contributed by atoms with van der Waals surface area (Å²) in [5, 5.41) is 9.37. The average molecular weight is 230 g/mol. The molecule has 0 aliphatic carbocycles. The van der Waals surface area contributed by atoms with Crippen LogP contribution >= 0.6 is 0 Å². The molecular formula is C13H26O3. The molecule has 0 saturated heterocycles. The van der Waals surface area contributed by atoms with Crippen molar-refractivity contribution in [3.8, 4) is 0 Å². The number of ether oxygens (including phenoxy) is 1. The number of carbonyl (C=O) groups excluding carboxylic acids is 1. The number of hydrogen-bond donors (Lipinski definition) is 1. The Morgan fingerprint density at radius 2 is 1.81 bits per heavy atom. The van der Waals surface area contributed by atoms with Gasteiger partial charge in [0.15, 0.2) is 6.29 Å². The molecule has 0 bridgehead atoms. The topological polar surface area (TPSA) is 46.5 Å². The third kappa shape index (κ3) is 4.12. The Hall–Kier alpha value is -0.570. The van der Waals surface area contributed by atoms with E-state index < -0.39 is 11.7 Å². The molecule has 1 atom stereocenters. The predicted octanol–water partition coefficient (Wildman–Crippen LogP) is 3.25. The Kier molecular flexibility index (Phi) is 7.39. The van der Waals surface area contributed by atoms with Gasteiger partial charge in [-0.05, 0) is 19.3 Å². The number of aliphatic hydroxyl groups excluding tert-OH is 1. The minimum absolute atomic E-state index is 0.236. The molecule has 0 aliphatic rings. The highest BCUT2D eigenvalue weighted by Gasteiger charge is 2.36. The first-order chi connectivity index (χ1) is 7.56. The van der Waals surface area contributed by atoms with Gasteiger partial charge in [-0.15, -0.1) is 0 Å². The number of unbranched alkanes of at least 4 members (excludes halogenated alkanes) is 1. The van der Waals surface area contributed by atoms with Gasteiger partial charge in [-0.25, -0.2) is 0 Å². The Morgan fingerprint density at radius 1 is 1.25 bits per heavy atom. The minimum atomic E-state index is -0.952. The van der Waals surface area contributed by atoms with E-state index in [9.17, 15) is 9.90 Å². The Balaban J connectivity index is 4.54. The van der Waals surface area contributed by atoms with Crippen LogP contribution in [0.5, 0.6) is 0 Å². The van der Waals surface area contributed by atoms with E-state index in [-0.39, 0.29) is 5.97 Å². The van der Waals surface area contributed by atoms with Crippen molar-refractivity contribution in [1.82, 2.24) is 0 Å². The van der Waals surface area contributed by atoms with Gasteiger partial charge >= 0.3 is 5.97 Å². The van der Waals surface area contributed by atoms with Gasteiger partial charge in [0.05, 0.1) is 5.41 Å². The molecule has 0 radical (unpaired) electrons. The van der Waals surface area contributed by atoms with Crippen molar-refractivity contribution in [1.29, 1.82) is 0 Å². The molecule has 1 unspecified atom stereocenters. The largest absolute Gasteiger partial charge is 0.436 e. The van der Waals surface area contributed by atoms with Gasteiger partial charge in [-0.3, -0.25) is 4.79 Å². The molecule has 0 saturated carbocycles. The summed E-state index contributed by atoms with van der Waals surface area (Å²) in [6.07, 6.45) is 4.00. The van der Waals surface area contributed by atoms with Gasteiger partial charge in [0.1, 0.15) is 0 Å². The van der Waals surface area contributed by atoms with Crippen LogP contribution in [0.25, 0.3) is 0 Å². The van der Waals surface area contributed by atoms with Crippen LogP contribution in [-0.2, 0) is 9.53 Å². The summed E-state index contributed by atoms with van der Waals surface area (Å²) in [6, 6.07) is 0. The maximum absolute atomic E-state index is 12.0. The summed E-state index contributed by atoms with van der Waals surface area (Å²) in [6.45, 7) is 7.93. The number of aliphatic hydroxyl groups is 1. The summed E-state index contributed by atoms with van der Waals surface area (Å²) in [5.41, 5.74) is -0.397. The van der Waals surface area contributed by atoms with Gasteiger partial charge in [-0.2, -0.15) is 0 Å². The highest BCUT2D eigenvalue weighted by Crippen LogP contribution is 2.34. The zero-order valence-electron chi connectivity index (χ0n) is 11.1. The number of rotatable bonds is 8. The second-order valence-corrected chi connectivity index (χ2v) is 4.36. The SMILES string of the molecule is CCCCC(CC)(CC)C(=O)OC(O)CC. The van der Waals surface area contributed by atoms with E-state index in [2.05, 4.69) is 6.92 Å². The highest BCUT2D eigenvalue weighted by atomic mass is 16.6. The monoisotopic (exact) mass is 230 g/mol. The summed E-state index contributed by atoms with van der Waals surface area (Å²) >= 11 is 0. The third-order valence-electron chi connectivity index (χ3n) is 3.39.